The predicted octanol–water partition coefficient (Wildman–Crippen LogP) is 14.2. The van der Waals surface area contributed by atoms with Gasteiger partial charge in [0.2, 0.25) is 0 Å². The Morgan fingerprint density at radius 1 is 0.383 bits per heavy atom. The van der Waals surface area contributed by atoms with Gasteiger partial charge in [-0.3, -0.25) is 0 Å². The normalized spacial score (nSPS) is 14.7. The van der Waals surface area contributed by atoms with Crippen molar-refractivity contribution in [2.75, 3.05) is 0 Å². The number of nitrogens with zero attached hydrogens (tertiary/aromatic N) is 4. The lowest BCUT2D eigenvalue weighted by Gasteiger charge is -2.48. The summed E-state index contributed by atoms with van der Waals surface area (Å²) in [6.07, 6.45) is 22.2. The highest BCUT2D eigenvalue weighted by Gasteiger charge is 2.57. The molecule has 0 radical (unpaired) electrons. The van der Waals surface area contributed by atoms with Crippen LogP contribution < -0.4 is 9.19 Å². The van der Waals surface area contributed by atoms with Crippen LogP contribution >= 0.6 is 0 Å². The highest BCUT2D eigenvalue weighted by atomic mass is 15.5. The van der Waals surface area contributed by atoms with Gasteiger partial charge < -0.3 is 18.4 Å². The molecular formula is C54H58B2N4. The molecule has 0 saturated carbocycles. The maximum absolute atomic E-state index is 2.86. The minimum absolute atomic E-state index is 1.16. The molecular weight excluding hydrogens is 726 g/mol. The van der Waals surface area contributed by atoms with E-state index in [1.54, 1.807) is 0 Å². The van der Waals surface area contributed by atoms with Gasteiger partial charge in [0.1, 0.15) is 12.4 Å². The number of hydrogen-bond donors (Lipinski definition) is 0. The smallest absolute Gasteiger partial charge is 0.342 e. The Balaban J connectivity index is 1.19. The molecule has 60 heavy (non-hydrogen) atoms. The molecule has 1 aliphatic rings. The zero-order valence-corrected chi connectivity index (χ0v) is 36.1. The van der Waals surface area contributed by atoms with E-state index in [0.717, 1.165) is 25.3 Å². The van der Waals surface area contributed by atoms with Gasteiger partial charge in [0, 0.05) is 12.4 Å². The third-order valence-corrected chi connectivity index (χ3v) is 15.3. The molecule has 0 saturated heterocycles. The quantitative estimate of drug-likeness (QED) is 0.0772. The average Bonchev–Trinajstić information content (AvgIpc) is 3.96. The summed E-state index contributed by atoms with van der Waals surface area (Å²) in [5, 5.41) is 16.3. The van der Waals surface area contributed by atoms with Gasteiger partial charge in [-0.15, -0.1) is 0 Å². The SMILES string of the molecule is CCCC[B-]1(CCCC)n2cc(-c3ccc4ccc5cccc6ccc3c4c56)c[n+]2[B-](CCCC)(CCCC)n2cc(-c3ccc4ccc5cccc6ccc3c4c56)c[n+]21. The van der Waals surface area contributed by atoms with Crippen molar-refractivity contribution in [1.82, 2.24) is 9.19 Å². The first kappa shape index (κ1) is 37.4. The Kier molecular flexibility index (Phi) is 9.06. The largest absolute Gasteiger partial charge is 0.439 e. The molecule has 8 aromatic carbocycles. The van der Waals surface area contributed by atoms with E-state index in [1.807, 2.05) is 0 Å². The lowest BCUT2D eigenvalue weighted by atomic mass is 9.35. The zero-order valence-electron chi connectivity index (χ0n) is 36.1. The Morgan fingerprint density at radius 3 is 1.05 bits per heavy atom. The fourth-order valence-electron chi connectivity index (χ4n) is 12.4. The van der Waals surface area contributed by atoms with E-state index in [0.29, 0.717) is 0 Å². The minimum Gasteiger partial charge on any atom is -0.342 e. The molecule has 0 unspecified atom stereocenters. The molecule has 11 rings (SSSR count). The van der Waals surface area contributed by atoms with Crippen LogP contribution in [0.4, 0.5) is 0 Å². The first-order chi connectivity index (χ1) is 29.5. The van der Waals surface area contributed by atoms with Gasteiger partial charge in [0.25, 0.3) is 0 Å². The second kappa shape index (κ2) is 14.5. The van der Waals surface area contributed by atoms with Crippen LogP contribution in [0.5, 0.6) is 0 Å². The summed E-state index contributed by atoms with van der Waals surface area (Å²) in [7, 11) is 0. The molecule has 0 bridgehead atoms. The monoisotopic (exact) mass is 784 g/mol. The number of fused-ring (bicyclic) bond motifs is 2. The molecule has 0 atom stereocenters. The second-order valence-corrected chi connectivity index (χ2v) is 18.7. The molecule has 10 aromatic rings. The van der Waals surface area contributed by atoms with E-state index >= 15 is 0 Å². The van der Waals surface area contributed by atoms with Gasteiger partial charge >= 0.3 is 12.8 Å². The van der Waals surface area contributed by atoms with E-state index in [-0.39, 0.29) is 0 Å². The van der Waals surface area contributed by atoms with Crippen molar-refractivity contribution >= 4 is 77.5 Å². The fraction of sp³-hybridized carbons (Fsp3) is 0.296. The number of hydrogen-bond acceptors (Lipinski definition) is 0. The summed E-state index contributed by atoms with van der Waals surface area (Å²) >= 11 is 0. The summed E-state index contributed by atoms with van der Waals surface area (Å²) in [6.45, 7) is 9.51. The average molecular weight is 785 g/mol. The maximum atomic E-state index is 2.86. The summed E-state index contributed by atoms with van der Waals surface area (Å²) in [5.74, 6) is 0. The summed E-state index contributed by atoms with van der Waals surface area (Å²) < 4.78 is 11.4. The third-order valence-electron chi connectivity index (χ3n) is 15.3. The first-order valence-electron chi connectivity index (χ1n) is 23.5. The Hall–Kier alpha value is -5.61. The van der Waals surface area contributed by atoms with Gasteiger partial charge in [-0.25, -0.2) is 0 Å². The topological polar surface area (TPSA) is 17.6 Å². The van der Waals surface area contributed by atoms with E-state index in [2.05, 4.69) is 180 Å². The predicted molar refractivity (Wildman–Crippen MR) is 259 cm³/mol. The summed E-state index contributed by atoms with van der Waals surface area (Å²) in [6, 6.07) is 41.9. The van der Waals surface area contributed by atoms with Gasteiger partial charge in [-0.1, -0.05) is 214 Å². The van der Waals surface area contributed by atoms with Crippen LogP contribution in [0.25, 0.3) is 86.9 Å². The maximum Gasteiger partial charge on any atom is 0.439 e. The Labute approximate surface area is 355 Å². The molecule has 1 aliphatic heterocycles. The highest BCUT2D eigenvalue weighted by Crippen LogP contribution is 2.42. The second-order valence-electron chi connectivity index (χ2n) is 18.7. The number of rotatable bonds is 14. The van der Waals surface area contributed by atoms with Crippen LogP contribution in [-0.4, -0.2) is 22.0 Å². The molecule has 2 aromatic heterocycles. The van der Waals surface area contributed by atoms with Crippen molar-refractivity contribution in [3.8, 4) is 22.3 Å². The van der Waals surface area contributed by atoms with E-state index in [4.69, 9.17) is 0 Å². The molecule has 0 fully saturated rings. The van der Waals surface area contributed by atoms with Crippen molar-refractivity contribution in [3.05, 3.63) is 134 Å². The standard InChI is InChI=1S/C54H58B2N4/c1-5-9-31-55(32-10-6-2)57-35-45(47-27-23-43-21-19-39-15-13-17-41-25-29-49(47)53(43)51(39)41)37-59(57)56(33-11-7-3,34-12-8-4)60-38-46(36-58(55)60)48-28-24-44-22-20-40-16-14-18-42-26-30-50(48)54(44)52(40)42/h13-30,35-38H,5-12,31-34H2,1-4H3. The molecule has 0 spiro atoms. The van der Waals surface area contributed by atoms with Crippen molar-refractivity contribution in [2.45, 2.75) is 104 Å². The summed E-state index contributed by atoms with van der Waals surface area (Å²) in [5.41, 5.74) is 5.41. The summed E-state index contributed by atoms with van der Waals surface area (Å²) in [4.78, 5) is 0. The molecule has 0 N–H and O–H groups in total. The Morgan fingerprint density at radius 2 is 0.700 bits per heavy atom. The fourth-order valence-corrected chi connectivity index (χ4v) is 12.4. The lowest BCUT2D eigenvalue weighted by Crippen LogP contribution is -2.91. The van der Waals surface area contributed by atoms with Gasteiger partial charge in [0.05, 0.1) is 11.1 Å². The lowest BCUT2D eigenvalue weighted by molar-refractivity contribution is -0.716. The van der Waals surface area contributed by atoms with Crippen molar-refractivity contribution < 1.29 is 9.19 Å². The third kappa shape index (κ3) is 5.38. The van der Waals surface area contributed by atoms with Gasteiger partial charge in [0.15, 0.2) is 0 Å². The van der Waals surface area contributed by atoms with Crippen LogP contribution in [0.15, 0.2) is 134 Å². The van der Waals surface area contributed by atoms with Crippen molar-refractivity contribution in [3.63, 3.8) is 0 Å². The number of benzene rings is 8. The van der Waals surface area contributed by atoms with E-state index in [9.17, 15) is 0 Å². The molecule has 6 heteroatoms. The van der Waals surface area contributed by atoms with Crippen LogP contribution in [0, 0.1) is 0 Å². The number of unbranched alkanes of at least 4 members (excludes halogenated alkanes) is 4. The van der Waals surface area contributed by atoms with Crippen LogP contribution in [0.1, 0.15) is 79.1 Å². The van der Waals surface area contributed by atoms with Gasteiger partial charge in [-0.05, 0) is 75.8 Å². The molecule has 300 valence electrons. The van der Waals surface area contributed by atoms with Gasteiger partial charge in [-0.2, -0.15) is 0 Å². The van der Waals surface area contributed by atoms with Crippen molar-refractivity contribution in [2.24, 2.45) is 0 Å². The van der Waals surface area contributed by atoms with E-state index in [1.165, 1.54) is 138 Å². The highest BCUT2D eigenvalue weighted by molar-refractivity contribution is 6.74. The van der Waals surface area contributed by atoms with E-state index < -0.39 is 12.8 Å². The molecule has 4 nitrogen and oxygen atoms in total. The molecule has 0 amide bonds. The zero-order chi connectivity index (χ0) is 40.6. The Bertz CT molecular complexity index is 2880. The van der Waals surface area contributed by atoms with Crippen LogP contribution in [0.2, 0.25) is 25.3 Å². The van der Waals surface area contributed by atoms with Crippen LogP contribution in [-0.2, 0) is 0 Å². The number of aromatic nitrogens is 4. The van der Waals surface area contributed by atoms with Crippen LogP contribution in [0.3, 0.4) is 0 Å². The van der Waals surface area contributed by atoms with Crippen molar-refractivity contribution in [1.29, 1.82) is 0 Å². The first-order valence-corrected chi connectivity index (χ1v) is 23.5. The molecule has 3 heterocycles. The molecule has 0 aliphatic carbocycles. The minimum atomic E-state index is -1.24.